The van der Waals surface area contributed by atoms with E-state index >= 15 is 0 Å². The highest BCUT2D eigenvalue weighted by Crippen LogP contribution is 2.28. The van der Waals surface area contributed by atoms with E-state index in [2.05, 4.69) is 20.7 Å². The molecule has 0 atom stereocenters. The van der Waals surface area contributed by atoms with Crippen LogP contribution in [0.2, 0.25) is 10.0 Å². The summed E-state index contributed by atoms with van der Waals surface area (Å²) in [6, 6.07) is 6.88. The molecular formula is C18H19Cl2FN6. The van der Waals surface area contributed by atoms with E-state index < -0.39 is 5.82 Å². The van der Waals surface area contributed by atoms with Crippen molar-refractivity contribution >= 4 is 46.2 Å². The molecule has 1 aliphatic carbocycles. The fourth-order valence-corrected chi connectivity index (χ4v) is 3.64. The maximum absolute atomic E-state index is 13.4. The summed E-state index contributed by atoms with van der Waals surface area (Å²) >= 11 is 12.1. The Kier molecular flexibility index (Phi) is 5.08. The number of nitrogens with one attached hydrogen (secondary N) is 2. The first-order valence-corrected chi connectivity index (χ1v) is 9.53. The van der Waals surface area contributed by atoms with E-state index in [-0.39, 0.29) is 11.1 Å². The lowest BCUT2D eigenvalue weighted by molar-refractivity contribution is 0.410. The second-order valence-electron chi connectivity index (χ2n) is 6.76. The van der Waals surface area contributed by atoms with E-state index in [1.807, 2.05) is 6.07 Å². The summed E-state index contributed by atoms with van der Waals surface area (Å²) in [4.78, 5) is 4.58. The van der Waals surface area contributed by atoms with Crippen molar-refractivity contribution in [2.45, 2.75) is 37.8 Å². The summed E-state index contributed by atoms with van der Waals surface area (Å²) in [7, 11) is 0. The molecule has 0 bridgehead atoms. The van der Waals surface area contributed by atoms with Gasteiger partial charge in [0.05, 0.1) is 11.2 Å². The van der Waals surface area contributed by atoms with Crippen LogP contribution in [0.3, 0.4) is 0 Å². The maximum atomic E-state index is 13.4. The summed E-state index contributed by atoms with van der Waals surface area (Å²) in [5.41, 5.74) is 7.15. The second kappa shape index (κ2) is 7.50. The zero-order chi connectivity index (χ0) is 19.0. The lowest BCUT2D eigenvalue weighted by atomic mass is 9.92. The molecule has 4 rings (SSSR count). The van der Waals surface area contributed by atoms with E-state index in [1.54, 1.807) is 10.6 Å². The number of fused-ring (bicyclic) bond motifs is 1. The van der Waals surface area contributed by atoms with Crippen LogP contribution >= 0.6 is 23.2 Å². The third-order valence-corrected chi connectivity index (χ3v) is 5.30. The molecule has 9 heteroatoms. The first kappa shape index (κ1) is 18.3. The van der Waals surface area contributed by atoms with Crippen LogP contribution in [0.4, 0.5) is 21.7 Å². The zero-order valence-corrected chi connectivity index (χ0v) is 15.9. The van der Waals surface area contributed by atoms with Crippen LogP contribution in [0.15, 0.2) is 30.5 Å². The van der Waals surface area contributed by atoms with Gasteiger partial charge < -0.3 is 16.4 Å². The fraction of sp³-hybridized carbons (Fsp3) is 0.333. The van der Waals surface area contributed by atoms with E-state index in [0.717, 1.165) is 25.7 Å². The van der Waals surface area contributed by atoms with Gasteiger partial charge in [0.1, 0.15) is 22.5 Å². The standard InChI is InChI=1S/C18H19Cl2FN6/c19-13-7-12(5-6-15(13)21)25-17-8-16(24-11-3-1-10(22)2-4-11)26-18-14(20)9-23-27(17)18/h5-11,25H,1-4,22H2,(H,24,26). The van der Waals surface area contributed by atoms with Gasteiger partial charge in [-0.25, -0.2) is 9.37 Å². The Morgan fingerprint density at radius 1 is 1.11 bits per heavy atom. The molecule has 0 aliphatic heterocycles. The molecular weight excluding hydrogens is 390 g/mol. The van der Waals surface area contributed by atoms with Gasteiger partial charge in [-0.15, -0.1) is 0 Å². The summed E-state index contributed by atoms with van der Waals surface area (Å²) < 4.78 is 15.0. The van der Waals surface area contributed by atoms with Gasteiger partial charge in [0.15, 0.2) is 5.65 Å². The molecule has 0 saturated heterocycles. The number of rotatable bonds is 4. The van der Waals surface area contributed by atoms with Crippen LogP contribution in [-0.4, -0.2) is 26.7 Å². The Morgan fingerprint density at radius 2 is 1.89 bits per heavy atom. The SMILES string of the molecule is NC1CCC(Nc2cc(Nc3ccc(F)c(Cl)c3)n3ncc(Cl)c3n2)CC1. The van der Waals surface area contributed by atoms with E-state index in [4.69, 9.17) is 28.9 Å². The maximum Gasteiger partial charge on any atom is 0.178 e. The van der Waals surface area contributed by atoms with Crippen molar-refractivity contribution in [1.82, 2.24) is 14.6 Å². The van der Waals surface area contributed by atoms with E-state index in [1.165, 1.54) is 18.3 Å². The number of aromatic nitrogens is 3. The molecule has 0 spiro atoms. The number of anilines is 3. The summed E-state index contributed by atoms with van der Waals surface area (Å²) in [5, 5.41) is 11.4. The normalized spacial score (nSPS) is 20.0. The van der Waals surface area contributed by atoms with Crippen molar-refractivity contribution in [3.05, 3.63) is 46.3 Å². The first-order valence-electron chi connectivity index (χ1n) is 8.78. The van der Waals surface area contributed by atoms with Crippen molar-refractivity contribution < 1.29 is 4.39 Å². The molecule has 4 N–H and O–H groups in total. The number of hydrogen-bond donors (Lipinski definition) is 3. The van der Waals surface area contributed by atoms with Crippen LogP contribution in [0.1, 0.15) is 25.7 Å². The average molecular weight is 409 g/mol. The molecule has 27 heavy (non-hydrogen) atoms. The van der Waals surface area contributed by atoms with Crippen LogP contribution in [0, 0.1) is 5.82 Å². The highest BCUT2D eigenvalue weighted by Gasteiger charge is 2.20. The molecule has 142 valence electrons. The van der Waals surface area contributed by atoms with Crippen LogP contribution in [0.25, 0.3) is 5.65 Å². The van der Waals surface area contributed by atoms with Crippen molar-refractivity contribution in [2.75, 3.05) is 10.6 Å². The average Bonchev–Trinajstić information content (AvgIpc) is 3.02. The molecule has 0 unspecified atom stereocenters. The highest BCUT2D eigenvalue weighted by atomic mass is 35.5. The van der Waals surface area contributed by atoms with Gasteiger partial charge >= 0.3 is 0 Å². The van der Waals surface area contributed by atoms with Crippen molar-refractivity contribution in [3.8, 4) is 0 Å². The summed E-state index contributed by atoms with van der Waals surface area (Å²) in [6.07, 6.45) is 5.52. The zero-order valence-electron chi connectivity index (χ0n) is 14.4. The van der Waals surface area contributed by atoms with Crippen LogP contribution in [-0.2, 0) is 0 Å². The van der Waals surface area contributed by atoms with Crippen LogP contribution in [0.5, 0.6) is 0 Å². The lowest BCUT2D eigenvalue weighted by Gasteiger charge is -2.27. The number of halogens is 3. The minimum Gasteiger partial charge on any atom is -0.367 e. The number of nitrogens with zero attached hydrogens (tertiary/aromatic N) is 3. The monoisotopic (exact) mass is 408 g/mol. The lowest BCUT2D eigenvalue weighted by Crippen LogP contribution is -2.33. The molecule has 0 radical (unpaired) electrons. The smallest absolute Gasteiger partial charge is 0.178 e. The fourth-order valence-electron chi connectivity index (χ4n) is 3.29. The molecule has 2 aromatic heterocycles. The Hall–Kier alpha value is -2.09. The van der Waals surface area contributed by atoms with Gasteiger partial charge in [-0.05, 0) is 43.9 Å². The van der Waals surface area contributed by atoms with Gasteiger partial charge in [0, 0.05) is 23.8 Å². The van der Waals surface area contributed by atoms with Crippen molar-refractivity contribution in [2.24, 2.45) is 5.73 Å². The number of benzene rings is 1. The Balaban J connectivity index is 1.65. The Labute approximate surface area is 165 Å². The van der Waals surface area contributed by atoms with Gasteiger partial charge in [-0.2, -0.15) is 9.61 Å². The molecule has 1 aliphatic rings. The second-order valence-corrected chi connectivity index (χ2v) is 7.58. The highest BCUT2D eigenvalue weighted by molar-refractivity contribution is 6.33. The molecule has 6 nitrogen and oxygen atoms in total. The third-order valence-electron chi connectivity index (χ3n) is 4.74. The molecule has 1 saturated carbocycles. The third kappa shape index (κ3) is 3.95. The van der Waals surface area contributed by atoms with Crippen LogP contribution < -0.4 is 16.4 Å². The molecule has 3 aromatic rings. The minimum atomic E-state index is -0.470. The van der Waals surface area contributed by atoms with Crippen molar-refractivity contribution in [3.63, 3.8) is 0 Å². The quantitative estimate of drug-likeness (QED) is 0.587. The Bertz CT molecular complexity index is 968. The number of hydrogen-bond acceptors (Lipinski definition) is 5. The predicted molar refractivity (Wildman–Crippen MR) is 107 cm³/mol. The topological polar surface area (TPSA) is 80.3 Å². The minimum absolute atomic E-state index is 0.0423. The van der Waals surface area contributed by atoms with E-state index in [9.17, 15) is 4.39 Å². The summed E-state index contributed by atoms with van der Waals surface area (Å²) in [6.45, 7) is 0. The molecule has 1 fully saturated rings. The van der Waals surface area contributed by atoms with E-state index in [0.29, 0.717) is 34.0 Å². The van der Waals surface area contributed by atoms with Gasteiger partial charge in [0.2, 0.25) is 0 Å². The molecule has 0 amide bonds. The van der Waals surface area contributed by atoms with Gasteiger partial charge in [-0.3, -0.25) is 0 Å². The van der Waals surface area contributed by atoms with Gasteiger partial charge in [-0.1, -0.05) is 23.2 Å². The first-order chi connectivity index (χ1) is 13.0. The van der Waals surface area contributed by atoms with Gasteiger partial charge in [0.25, 0.3) is 0 Å². The predicted octanol–water partition coefficient (Wildman–Crippen LogP) is 4.60. The largest absolute Gasteiger partial charge is 0.367 e. The number of nitrogens with two attached hydrogens (primary N) is 1. The summed E-state index contributed by atoms with van der Waals surface area (Å²) in [5.74, 6) is 0.868. The Morgan fingerprint density at radius 3 is 2.63 bits per heavy atom. The van der Waals surface area contributed by atoms with Crippen molar-refractivity contribution in [1.29, 1.82) is 0 Å². The molecule has 2 heterocycles. The molecule has 1 aromatic carbocycles.